The minimum Gasteiger partial charge on any atom is -0.478 e. The Bertz CT molecular complexity index is 635. The predicted octanol–water partition coefficient (Wildman–Crippen LogP) is 3.17. The summed E-state index contributed by atoms with van der Waals surface area (Å²) in [6.07, 6.45) is 0.776. The van der Waals surface area contributed by atoms with Crippen LogP contribution in [-0.4, -0.2) is 16.2 Å². The van der Waals surface area contributed by atoms with Crippen LogP contribution in [0.4, 0.5) is 4.39 Å². The van der Waals surface area contributed by atoms with Gasteiger partial charge in [-0.3, -0.25) is 0 Å². The molecule has 2 aromatic rings. The van der Waals surface area contributed by atoms with Crippen LogP contribution < -0.4 is 0 Å². The van der Waals surface area contributed by atoms with Crippen LogP contribution in [0.1, 0.15) is 11.7 Å². The SMILES string of the molecule is O=C(O)/C=C/C(O)c1ccc(-c2ccccc2)c(F)c1. The summed E-state index contributed by atoms with van der Waals surface area (Å²) >= 11 is 0. The lowest BCUT2D eigenvalue weighted by molar-refractivity contribution is -0.131. The monoisotopic (exact) mass is 272 g/mol. The first kappa shape index (κ1) is 14.0. The van der Waals surface area contributed by atoms with E-state index in [4.69, 9.17) is 5.11 Å². The molecule has 0 aliphatic rings. The number of aliphatic hydroxyl groups is 1. The van der Waals surface area contributed by atoms with E-state index in [1.807, 2.05) is 18.2 Å². The van der Waals surface area contributed by atoms with Crippen LogP contribution in [-0.2, 0) is 4.79 Å². The molecule has 2 aromatic carbocycles. The molecule has 4 heteroatoms. The first-order valence-electron chi connectivity index (χ1n) is 6.02. The van der Waals surface area contributed by atoms with Crippen LogP contribution in [0.2, 0.25) is 0 Å². The highest BCUT2D eigenvalue weighted by molar-refractivity contribution is 5.79. The maximum atomic E-state index is 14.0. The van der Waals surface area contributed by atoms with E-state index in [1.165, 1.54) is 6.07 Å². The molecule has 0 radical (unpaired) electrons. The third-order valence-electron chi connectivity index (χ3n) is 2.84. The molecule has 0 amide bonds. The Morgan fingerprint density at radius 3 is 2.45 bits per heavy atom. The van der Waals surface area contributed by atoms with E-state index in [0.29, 0.717) is 11.1 Å². The van der Waals surface area contributed by atoms with Crippen molar-refractivity contribution in [2.75, 3.05) is 0 Å². The molecule has 3 nitrogen and oxygen atoms in total. The summed E-state index contributed by atoms with van der Waals surface area (Å²) < 4.78 is 14.0. The topological polar surface area (TPSA) is 57.5 Å². The zero-order valence-corrected chi connectivity index (χ0v) is 10.5. The average Bonchev–Trinajstić information content (AvgIpc) is 2.45. The minimum atomic E-state index is -1.16. The molecule has 2 rings (SSSR count). The molecule has 0 spiro atoms. The Morgan fingerprint density at radius 2 is 1.85 bits per heavy atom. The standard InChI is InChI=1S/C16H13FO3/c17-14-10-12(15(18)8-9-16(19)20)6-7-13(14)11-4-2-1-3-5-11/h1-10,15,18H,(H,19,20)/b9-8+. The number of carboxylic acid groups (broad SMARTS) is 1. The summed E-state index contributed by atoms with van der Waals surface area (Å²) in [5.41, 5.74) is 1.48. The Hall–Kier alpha value is -2.46. The number of hydrogen-bond acceptors (Lipinski definition) is 2. The lowest BCUT2D eigenvalue weighted by Crippen LogP contribution is -1.97. The third kappa shape index (κ3) is 3.30. The smallest absolute Gasteiger partial charge is 0.328 e. The largest absolute Gasteiger partial charge is 0.478 e. The molecule has 1 unspecified atom stereocenters. The molecule has 0 saturated heterocycles. The predicted molar refractivity (Wildman–Crippen MR) is 73.6 cm³/mol. The maximum absolute atomic E-state index is 14.0. The minimum absolute atomic E-state index is 0.305. The molecule has 0 fully saturated rings. The molecule has 20 heavy (non-hydrogen) atoms. The van der Waals surface area contributed by atoms with Gasteiger partial charge in [0.1, 0.15) is 5.82 Å². The number of benzene rings is 2. The molecule has 2 N–H and O–H groups in total. The van der Waals surface area contributed by atoms with E-state index in [2.05, 4.69) is 0 Å². The molecule has 0 saturated carbocycles. The van der Waals surface area contributed by atoms with E-state index >= 15 is 0 Å². The van der Waals surface area contributed by atoms with E-state index < -0.39 is 17.9 Å². The number of carboxylic acids is 1. The molecule has 0 heterocycles. The Balaban J connectivity index is 2.28. The average molecular weight is 272 g/mol. The van der Waals surface area contributed by atoms with Crippen molar-refractivity contribution in [3.8, 4) is 11.1 Å². The fourth-order valence-corrected chi connectivity index (χ4v) is 1.85. The van der Waals surface area contributed by atoms with Crippen molar-refractivity contribution in [1.82, 2.24) is 0 Å². The van der Waals surface area contributed by atoms with Crippen molar-refractivity contribution in [2.24, 2.45) is 0 Å². The Kier molecular flexibility index (Phi) is 4.27. The number of hydrogen-bond donors (Lipinski definition) is 2. The summed E-state index contributed by atoms with van der Waals surface area (Å²) in [6, 6.07) is 13.4. The van der Waals surface area contributed by atoms with Gasteiger partial charge in [0, 0.05) is 11.6 Å². The Morgan fingerprint density at radius 1 is 1.15 bits per heavy atom. The fourth-order valence-electron chi connectivity index (χ4n) is 1.85. The van der Waals surface area contributed by atoms with Gasteiger partial charge in [-0.25, -0.2) is 9.18 Å². The molecule has 0 aliphatic carbocycles. The summed E-state index contributed by atoms with van der Waals surface area (Å²) in [7, 11) is 0. The van der Waals surface area contributed by atoms with Crippen molar-refractivity contribution < 1.29 is 19.4 Å². The second-order valence-corrected chi connectivity index (χ2v) is 4.25. The maximum Gasteiger partial charge on any atom is 0.328 e. The van der Waals surface area contributed by atoms with Gasteiger partial charge in [0.05, 0.1) is 6.10 Å². The van der Waals surface area contributed by atoms with Gasteiger partial charge < -0.3 is 10.2 Å². The van der Waals surface area contributed by atoms with E-state index in [9.17, 15) is 14.3 Å². The number of aliphatic carboxylic acids is 1. The van der Waals surface area contributed by atoms with E-state index in [0.717, 1.165) is 17.7 Å². The summed E-state index contributed by atoms with van der Waals surface area (Å²) in [5.74, 6) is -1.62. The number of rotatable bonds is 4. The number of carbonyl (C=O) groups is 1. The van der Waals surface area contributed by atoms with Gasteiger partial charge in [-0.1, -0.05) is 42.5 Å². The van der Waals surface area contributed by atoms with Crippen LogP contribution >= 0.6 is 0 Å². The normalized spacial score (nSPS) is 12.5. The molecule has 102 valence electrons. The number of aliphatic hydroxyl groups excluding tert-OH is 1. The Labute approximate surface area is 115 Å². The first-order chi connectivity index (χ1) is 9.58. The molecule has 1 atom stereocenters. The number of halogens is 1. The highest BCUT2D eigenvalue weighted by atomic mass is 19.1. The van der Waals surface area contributed by atoms with Crippen molar-refractivity contribution in [2.45, 2.75) is 6.10 Å². The van der Waals surface area contributed by atoms with Crippen LogP contribution in [0, 0.1) is 5.82 Å². The first-order valence-corrected chi connectivity index (χ1v) is 6.02. The summed E-state index contributed by atoms with van der Waals surface area (Å²) in [6.45, 7) is 0. The van der Waals surface area contributed by atoms with E-state index in [1.54, 1.807) is 24.3 Å². The highest BCUT2D eigenvalue weighted by Crippen LogP contribution is 2.25. The van der Waals surface area contributed by atoms with Crippen molar-refractivity contribution >= 4 is 5.97 Å². The second-order valence-electron chi connectivity index (χ2n) is 4.25. The fraction of sp³-hybridized carbons (Fsp3) is 0.0625. The van der Waals surface area contributed by atoms with Crippen molar-refractivity contribution in [3.63, 3.8) is 0 Å². The van der Waals surface area contributed by atoms with Gasteiger partial charge in [0.15, 0.2) is 0 Å². The zero-order valence-electron chi connectivity index (χ0n) is 10.5. The van der Waals surface area contributed by atoms with Gasteiger partial charge >= 0.3 is 5.97 Å². The van der Waals surface area contributed by atoms with Gasteiger partial charge in [0.2, 0.25) is 0 Å². The lowest BCUT2D eigenvalue weighted by Gasteiger charge is -2.09. The van der Waals surface area contributed by atoms with Crippen LogP contribution in [0.25, 0.3) is 11.1 Å². The van der Waals surface area contributed by atoms with Gasteiger partial charge in [-0.2, -0.15) is 0 Å². The molecule has 0 aromatic heterocycles. The second kappa shape index (κ2) is 6.12. The quantitative estimate of drug-likeness (QED) is 0.840. The molecular weight excluding hydrogens is 259 g/mol. The summed E-state index contributed by atoms with van der Waals surface area (Å²) in [4.78, 5) is 10.4. The summed E-state index contributed by atoms with van der Waals surface area (Å²) in [5, 5.41) is 18.2. The van der Waals surface area contributed by atoms with Gasteiger partial charge in [-0.05, 0) is 23.3 Å². The van der Waals surface area contributed by atoms with Crippen molar-refractivity contribution in [1.29, 1.82) is 0 Å². The third-order valence-corrected chi connectivity index (χ3v) is 2.84. The van der Waals surface area contributed by atoms with Gasteiger partial charge in [0.25, 0.3) is 0 Å². The lowest BCUT2D eigenvalue weighted by atomic mass is 10.0. The molecule has 0 aliphatic heterocycles. The van der Waals surface area contributed by atoms with Crippen LogP contribution in [0.5, 0.6) is 0 Å². The van der Waals surface area contributed by atoms with Crippen LogP contribution in [0.15, 0.2) is 60.7 Å². The van der Waals surface area contributed by atoms with Crippen LogP contribution in [0.3, 0.4) is 0 Å². The zero-order chi connectivity index (χ0) is 14.5. The van der Waals surface area contributed by atoms with E-state index in [-0.39, 0.29) is 0 Å². The highest BCUT2D eigenvalue weighted by Gasteiger charge is 2.10. The molecular formula is C16H13FO3. The van der Waals surface area contributed by atoms with Crippen molar-refractivity contribution in [3.05, 3.63) is 72.1 Å². The van der Waals surface area contributed by atoms with Gasteiger partial charge in [-0.15, -0.1) is 0 Å². The molecule has 0 bridgehead atoms.